The SMILES string of the molecule is COc1cccc(CCNC(=O)C2CCN(C(=O)Cc3ccc(F)cc3)CC2)c1. The van der Waals surface area contributed by atoms with Gasteiger partial charge in [-0.2, -0.15) is 0 Å². The minimum atomic E-state index is -0.306. The van der Waals surface area contributed by atoms with Crippen molar-refractivity contribution in [3.8, 4) is 5.75 Å². The molecule has 1 heterocycles. The summed E-state index contributed by atoms with van der Waals surface area (Å²) in [6, 6.07) is 13.8. The number of amides is 2. The first-order valence-electron chi connectivity index (χ1n) is 9.98. The van der Waals surface area contributed by atoms with Crippen molar-refractivity contribution in [3.63, 3.8) is 0 Å². The van der Waals surface area contributed by atoms with E-state index in [1.807, 2.05) is 24.3 Å². The lowest BCUT2D eigenvalue weighted by Gasteiger charge is -2.31. The fourth-order valence-corrected chi connectivity index (χ4v) is 3.58. The highest BCUT2D eigenvalue weighted by molar-refractivity contribution is 5.81. The maximum absolute atomic E-state index is 13.0. The Balaban J connectivity index is 1.39. The van der Waals surface area contributed by atoms with Crippen molar-refractivity contribution in [2.45, 2.75) is 25.7 Å². The minimum Gasteiger partial charge on any atom is -0.497 e. The van der Waals surface area contributed by atoms with Crippen LogP contribution in [0.5, 0.6) is 5.75 Å². The van der Waals surface area contributed by atoms with Crippen LogP contribution in [0, 0.1) is 11.7 Å². The third-order valence-corrected chi connectivity index (χ3v) is 5.33. The number of ether oxygens (including phenoxy) is 1. The lowest BCUT2D eigenvalue weighted by Crippen LogP contribution is -2.43. The van der Waals surface area contributed by atoms with Crippen molar-refractivity contribution >= 4 is 11.8 Å². The van der Waals surface area contributed by atoms with Gasteiger partial charge < -0.3 is 15.0 Å². The molecule has 0 saturated carbocycles. The number of hydrogen-bond acceptors (Lipinski definition) is 3. The molecule has 1 saturated heterocycles. The summed E-state index contributed by atoms with van der Waals surface area (Å²) in [6.07, 6.45) is 2.34. The van der Waals surface area contributed by atoms with Gasteiger partial charge in [-0.05, 0) is 54.7 Å². The van der Waals surface area contributed by atoms with Crippen LogP contribution >= 0.6 is 0 Å². The molecule has 6 heteroatoms. The van der Waals surface area contributed by atoms with E-state index < -0.39 is 0 Å². The van der Waals surface area contributed by atoms with Gasteiger partial charge in [0, 0.05) is 25.6 Å². The van der Waals surface area contributed by atoms with Gasteiger partial charge in [-0.3, -0.25) is 9.59 Å². The maximum Gasteiger partial charge on any atom is 0.226 e. The first-order chi connectivity index (χ1) is 14.0. The first kappa shape index (κ1) is 20.8. The number of carbonyl (C=O) groups is 2. The van der Waals surface area contributed by atoms with Gasteiger partial charge in [0.05, 0.1) is 13.5 Å². The molecule has 1 N–H and O–H groups in total. The molecule has 0 aromatic heterocycles. The fourth-order valence-electron chi connectivity index (χ4n) is 3.58. The van der Waals surface area contributed by atoms with Crippen LogP contribution in [-0.4, -0.2) is 43.5 Å². The molecule has 2 aromatic rings. The summed E-state index contributed by atoms with van der Waals surface area (Å²) < 4.78 is 18.2. The molecule has 1 fully saturated rings. The molecule has 2 aromatic carbocycles. The smallest absolute Gasteiger partial charge is 0.226 e. The first-order valence-corrected chi connectivity index (χ1v) is 9.98. The van der Waals surface area contributed by atoms with Crippen LogP contribution < -0.4 is 10.1 Å². The summed E-state index contributed by atoms with van der Waals surface area (Å²) in [5.41, 5.74) is 1.92. The Hall–Kier alpha value is -2.89. The van der Waals surface area contributed by atoms with Crippen LogP contribution in [-0.2, 0) is 22.4 Å². The van der Waals surface area contributed by atoms with Crippen molar-refractivity contribution in [1.29, 1.82) is 0 Å². The Morgan fingerprint density at radius 3 is 2.52 bits per heavy atom. The molecule has 0 unspecified atom stereocenters. The average molecular weight is 398 g/mol. The number of benzene rings is 2. The number of likely N-dealkylation sites (tertiary alicyclic amines) is 1. The maximum atomic E-state index is 13.0. The van der Waals surface area contributed by atoms with Crippen LogP contribution in [0.2, 0.25) is 0 Å². The van der Waals surface area contributed by atoms with E-state index in [0.29, 0.717) is 32.5 Å². The highest BCUT2D eigenvalue weighted by Crippen LogP contribution is 2.19. The van der Waals surface area contributed by atoms with Gasteiger partial charge in [-0.1, -0.05) is 24.3 Å². The Kier molecular flexibility index (Phi) is 7.22. The number of rotatable bonds is 7. The van der Waals surface area contributed by atoms with Gasteiger partial charge in [0.15, 0.2) is 0 Å². The molecule has 1 aliphatic heterocycles. The summed E-state index contributed by atoms with van der Waals surface area (Å²) in [7, 11) is 1.64. The molecule has 2 amide bonds. The molecule has 0 radical (unpaired) electrons. The summed E-state index contributed by atoms with van der Waals surface area (Å²) in [6.45, 7) is 1.73. The van der Waals surface area contributed by atoms with Crippen LogP contribution in [0.3, 0.4) is 0 Å². The Bertz CT molecular complexity index is 830. The van der Waals surface area contributed by atoms with Crippen molar-refractivity contribution in [1.82, 2.24) is 10.2 Å². The highest BCUT2D eigenvalue weighted by atomic mass is 19.1. The Morgan fingerprint density at radius 2 is 1.83 bits per heavy atom. The molecule has 0 spiro atoms. The van der Waals surface area contributed by atoms with E-state index in [4.69, 9.17) is 4.74 Å². The number of nitrogens with zero attached hydrogens (tertiary/aromatic N) is 1. The molecular weight excluding hydrogens is 371 g/mol. The zero-order valence-corrected chi connectivity index (χ0v) is 16.7. The van der Waals surface area contributed by atoms with Gasteiger partial charge in [0.1, 0.15) is 11.6 Å². The van der Waals surface area contributed by atoms with Crippen LogP contribution in [0.25, 0.3) is 0 Å². The minimum absolute atomic E-state index is 0.0218. The van der Waals surface area contributed by atoms with E-state index in [0.717, 1.165) is 23.3 Å². The number of halogens is 1. The van der Waals surface area contributed by atoms with Gasteiger partial charge in [0.2, 0.25) is 11.8 Å². The summed E-state index contributed by atoms with van der Waals surface area (Å²) in [4.78, 5) is 26.7. The van der Waals surface area contributed by atoms with E-state index >= 15 is 0 Å². The second-order valence-electron chi connectivity index (χ2n) is 7.35. The van der Waals surface area contributed by atoms with E-state index in [-0.39, 0.29) is 30.0 Å². The normalized spacial score (nSPS) is 14.5. The highest BCUT2D eigenvalue weighted by Gasteiger charge is 2.27. The monoisotopic (exact) mass is 398 g/mol. The standard InChI is InChI=1S/C23H27FN2O3/c1-29-21-4-2-3-17(15-21)9-12-25-23(28)19-10-13-26(14-11-19)22(27)16-18-5-7-20(24)8-6-18/h2-8,15,19H,9-14,16H2,1H3,(H,25,28). The van der Waals surface area contributed by atoms with Gasteiger partial charge in [-0.15, -0.1) is 0 Å². The molecule has 3 rings (SSSR count). The van der Waals surface area contributed by atoms with E-state index in [1.165, 1.54) is 12.1 Å². The van der Waals surface area contributed by atoms with Gasteiger partial charge in [-0.25, -0.2) is 4.39 Å². The third kappa shape index (κ3) is 6.04. The number of hydrogen-bond donors (Lipinski definition) is 1. The fraction of sp³-hybridized carbons (Fsp3) is 0.391. The lowest BCUT2D eigenvalue weighted by atomic mass is 9.95. The van der Waals surface area contributed by atoms with E-state index in [1.54, 1.807) is 24.1 Å². The summed E-state index contributed by atoms with van der Waals surface area (Å²) in [5, 5.41) is 3.01. The molecule has 0 atom stereocenters. The predicted octanol–water partition coefficient (Wildman–Crippen LogP) is 2.97. The number of carbonyl (C=O) groups excluding carboxylic acids is 2. The van der Waals surface area contributed by atoms with Crippen molar-refractivity contribution in [2.24, 2.45) is 5.92 Å². The summed E-state index contributed by atoms with van der Waals surface area (Å²) in [5.74, 6) is 0.521. The predicted molar refractivity (Wildman–Crippen MR) is 109 cm³/mol. The largest absolute Gasteiger partial charge is 0.497 e. The number of piperidine rings is 1. The van der Waals surface area contributed by atoms with Crippen LogP contribution in [0.15, 0.2) is 48.5 Å². The second kappa shape index (κ2) is 10.0. The average Bonchev–Trinajstić information content (AvgIpc) is 2.75. The molecule has 1 aliphatic rings. The molecule has 5 nitrogen and oxygen atoms in total. The topological polar surface area (TPSA) is 58.6 Å². The van der Waals surface area contributed by atoms with Crippen molar-refractivity contribution in [2.75, 3.05) is 26.7 Å². The second-order valence-corrected chi connectivity index (χ2v) is 7.35. The van der Waals surface area contributed by atoms with Crippen LogP contribution in [0.1, 0.15) is 24.0 Å². The zero-order chi connectivity index (χ0) is 20.6. The molecular formula is C23H27FN2O3. The Labute approximate surface area is 170 Å². The molecule has 0 aliphatic carbocycles. The third-order valence-electron chi connectivity index (χ3n) is 5.33. The number of methoxy groups -OCH3 is 1. The molecule has 29 heavy (non-hydrogen) atoms. The molecule has 0 bridgehead atoms. The Morgan fingerprint density at radius 1 is 1.10 bits per heavy atom. The van der Waals surface area contributed by atoms with E-state index in [9.17, 15) is 14.0 Å². The zero-order valence-electron chi connectivity index (χ0n) is 16.7. The summed E-state index contributed by atoms with van der Waals surface area (Å²) >= 11 is 0. The van der Waals surface area contributed by atoms with E-state index in [2.05, 4.69) is 5.32 Å². The number of nitrogens with one attached hydrogen (secondary N) is 1. The molecule has 154 valence electrons. The van der Waals surface area contributed by atoms with Crippen LogP contribution in [0.4, 0.5) is 4.39 Å². The van der Waals surface area contributed by atoms with Crippen molar-refractivity contribution < 1.29 is 18.7 Å². The van der Waals surface area contributed by atoms with Gasteiger partial charge >= 0.3 is 0 Å². The van der Waals surface area contributed by atoms with Gasteiger partial charge in [0.25, 0.3) is 0 Å². The van der Waals surface area contributed by atoms with Crippen molar-refractivity contribution in [3.05, 3.63) is 65.5 Å². The lowest BCUT2D eigenvalue weighted by molar-refractivity contribution is -0.135. The quantitative estimate of drug-likeness (QED) is 0.780.